The number of nitro benzene ring substituents is 1. The molecule has 0 heterocycles. The number of hydrogen-bond donors (Lipinski definition) is 0. The summed E-state index contributed by atoms with van der Waals surface area (Å²) in [6.45, 7) is 0. The van der Waals surface area contributed by atoms with Gasteiger partial charge < -0.3 is 4.74 Å². The molecule has 0 saturated heterocycles. The third kappa shape index (κ3) is 2.79. The van der Waals surface area contributed by atoms with E-state index in [2.05, 4.69) is 0 Å². The fourth-order valence-corrected chi connectivity index (χ4v) is 3.38. The summed E-state index contributed by atoms with van der Waals surface area (Å²) in [6, 6.07) is 19.6. The van der Waals surface area contributed by atoms with E-state index < -0.39 is 4.92 Å². The molecule has 5 nitrogen and oxygen atoms in total. The number of rotatable bonds is 3. The Morgan fingerprint density at radius 2 is 1.44 bits per heavy atom. The van der Waals surface area contributed by atoms with Crippen LogP contribution in [0.5, 0.6) is 5.75 Å². The fourth-order valence-electron chi connectivity index (χ4n) is 3.38. The second-order valence-electron chi connectivity index (χ2n) is 6.17. The summed E-state index contributed by atoms with van der Waals surface area (Å²) in [5.74, 6) is 0.195. The van der Waals surface area contributed by atoms with Crippen molar-refractivity contribution in [2.75, 3.05) is 7.11 Å². The normalized spacial score (nSPS) is 12.2. The summed E-state index contributed by atoms with van der Waals surface area (Å²) in [4.78, 5) is 23.7. The average molecular weight is 357 g/mol. The van der Waals surface area contributed by atoms with Crippen LogP contribution in [-0.4, -0.2) is 17.8 Å². The van der Waals surface area contributed by atoms with Crippen molar-refractivity contribution in [1.82, 2.24) is 0 Å². The molecule has 0 aliphatic heterocycles. The molecule has 0 saturated carbocycles. The molecular weight excluding hydrogens is 342 g/mol. The summed E-state index contributed by atoms with van der Waals surface area (Å²) in [7, 11) is 1.40. The van der Waals surface area contributed by atoms with E-state index in [9.17, 15) is 14.9 Å². The Morgan fingerprint density at radius 1 is 0.889 bits per heavy atom. The minimum absolute atomic E-state index is 0.0148. The Morgan fingerprint density at radius 3 is 1.96 bits per heavy atom. The van der Waals surface area contributed by atoms with Crippen LogP contribution in [0.4, 0.5) is 5.69 Å². The van der Waals surface area contributed by atoms with Gasteiger partial charge in [0.2, 0.25) is 0 Å². The standard InChI is InChI=1S/C22H15NO4/c1-27-21-11-10-14(13-20(21)23(25)26)12-19-15-6-2-4-8-17(15)22(24)18-9-5-3-7-16(18)19/h2-13H,1H3. The lowest BCUT2D eigenvalue weighted by molar-refractivity contribution is -0.385. The Kier molecular flexibility index (Phi) is 4.05. The maximum Gasteiger partial charge on any atom is 0.311 e. The first-order valence-corrected chi connectivity index (χ1v) is 8.38. The molecule has 0 unspecified atom stereocenters. The van der Waals surface area contributed by atoms with Gasteiger partial charge in [0, 0.05) is 17.2 Å². The predicted octanol–water partition coefficient (Wildman–Crippen LogP) is 4.74. The largest absolute Gasteiger partial charge is 0.490 e. The lowest BCUT2D eigenvalue weighted by atomic mass is 9.80. The number of methoxy groups -OCH3 is 1. The minimum Gasteiger partial charge on any atom is -0.490 e. The molecule has 0 bridgehead atoms. The number of ether oxygens (including phenoxy) is 1. The topological polar surface area (TPSA) is 69.4 Å². The van der Waals surface area contributed by atoms with Gasteiger partial charge in [-0.05, 0) is 34.4 Å². The molecule has 0 radical (unpaired) electrons. The molecular formula is C22H15NO4. The number of fused-ring (bicyclic) bond motifs is 2. The predicted molar refractivity (Wildman–Crippen MR) is 103 cm³/mol. The van der Waals surface area contributed by atoms with Crippen molar-refractivity contribution in [3.8, 4) is 5.75 Å². The van der Waals surface area contributed by atoms with Crippen LogP contribution in [0.2, 0.25) is 0 Å². The van der Waals surface area contributed by atoms with E-state index in [-0.39, 0.29) is 17.2 Å². The van der Waals surface area contributed by atoms with E-state index in [0.29, 0.717) is 16.7 Å². The smallest absolute Gasteiger partial charge is 0.311 e. The molecule has 0 atom stereocenters. The van der Waals surface area contributed by atoms with Crippen LogP contribution in [0.3, 0.4) is 0 Å². The lowest BCUT2D eigenvalue weighted by Crippen LogP contribution is -2.14. The van der Waals surface area contributed by atoms with Crippen LogP contribution in [0.25, 0.3) is 11.6 Å². The molecule has 4 rings (SSSR count). The highest BCUT2D eigenvalue weighted by Crippen LogP contribution is 2.38. The van der Waals surface area contributed by atoms with Gasteiger partial charge in [-0.3, -0.25) is 14.9 Å². The molecule has 0 amide bonds. The Labute approximate surface area is 155 Å². The average Bonchev–Trinajstić information content (AvgIpc) is 2.71. The molecule has 27 heavy (non-hydrogen) atoms. The molecule has 1 aliphatic rings. The summed E-state index contributed by atoms with van der Waals surface area (Å²) >= 11 is 0. The van der Waals surface area contributed by atoms with Gasteiger partial charge in [-0.25, -0.2) is 0 Å². The van der Waals surface area contributed by atoms with E-state index >= 15 is 0 Å². The second kappa shape index (κ2) is 6.53. The molecule has 1 aliphatic carbocycles. The van der Waals surface area contributed by atoms with Crippen molar-refractivity contribution in [3.05, 3.63) is 105 Å². The van der Waals surface area contributed by atoms with Crippen LogP contribution in [0, 0.1) is 10.1 Å². The zero-order valence-electron chi connectivity index (χ0n) is 14.5. The molecule has 132 valence electrons. The van der Waals surface area contributed by atoms with Crippen molar-refractivity contribution in [3.63, 3.8) is 0 Å². The van der Waals surface area contributed by atoms with Crippen molar-refractivity contribution >= 4 is 23.1 Å². The lowest BCUT2D eigenvalue weighted by Gasteiger charge is -2.21. The molecule has 0 fully saturated rings. The maximum absolute atomic E-state index is 12.8. The van der Waals surface area contributed by atoms with Gasteiger partial charge in [0.05, 0.1) is 12.0 Å². The molecule has 0 N–H and O–H groups in total. The van der Waals surface area contributed by atoms with E-state index in [1.54, 1.807) is 24.3 Å². The van der Waals surface area contributed by atoms with Gasteiger partial charge >= 0.3 is 5.69 Å². The second-order valence-corrected chi connectivity index (χ2v) is 6.17. The number of benzene rings is 3. The maximum atomic E-state index is 12.8. The Hall–Kier alpha value is -3.73. The Balaban J connectivity index is 1.95. The van der Waals surface area contributed by atoms with Crippen LogP contribution < -0.4 is 4.74 Å². The molecule has 0 spiro atoms. The number of carbonyl (C=O) groups is 1. The van der Waals surface area contributed by atoms with Gasteiger partial charge in [0.1, 0.15) is 0 Å². The van der Waals surface area contributed by atoms with Gasteiger partial charge in [0.25, 0.3) is 0 Å². The van der Waals surface area contributed by atoms with Gasteiger partial charge in [-0.15, -0.1) is 0 Å². The first kappa shape index (κ1) is 16.7. The van der Waals surface area contributed by atoms with Gasteiger partial charge in [-0.2, -0.15) is 0 Å². The Bertz CT molecular complexity index is 1060. The monoisotopic (exact) mass is 357 g/mol. The van der Waals surface area contributed by atoms with Crippen LogP contribution in [0.1, 0.15) is 32.6 Å². The zero-order chi connectivity index (χ0) is 19.0. The fraction of sp³-hybridized carbons (Fsp3) is 0.0455. The first-order chi connectivity index (χ1) is 13.1. The van der Waals surface area contributed by atoms with E-state index in [4.69, 9.17) is 4.74 Å². The number of nitrogens with zero attached hydrogens (tertiary/aromatic N) is 1. The molecule has 3 aromatic carbocycles. The van der Waals surface area contributed by atoms with Crippen LogP contribution in [-0.2, 0) is 0 Å². The van der Waals surface area contributed by atoms with Crippen molar-refractivity contribution in [2.24, 2.45) is 0 Å². The van der Waals surface area contributed by atoms with E-state index in [1.165, 1.54) is 13.2 Å². The number of carbonyl (C=O) groups excluding carboxylic acids is 1. The summed E-state index contributed by atoms with van der Waals surface area (Å²) in [5, 5.41) is 11.3. The molecule has 5 heteroatoms. The highest BCUT2D eigenvalue weighted by Gasteiger charge is 2.26. The van der Waals surface area contributed by atoms with Crippen molar-refractivity contribution in [2.45, 2.75) is 0 Å². The first-order valence-electron chi connectivity index (χ1n) is 8.38. The van der Waals surface area contributed by atoms with Crippen LogP contribution >= 0.6 is 0 Å². The summed E-state index contributed by atoms with van der Waals surface area (Å²) in [6.07, 6.45) is 1.87. The van der Waals surface area contributed by atoms with Gasteiger partial charge in [0.15, 0.2) is 11.5 Å². The van der Waals surface area contributed by atoms with Crippen LogP contribution in [0.15, 0.2) is 66.7 Å². The van der Waals surface area contributed by atoms with Gasteiger partial charge in [-0.1, -0.05) is 54.6 Å². The number of hydrogen-bond acceptors (Lipinski definition) is 4. The van der Waals surface area contributed by atoms with Crippen molar-refractivity contribution in [1.29, 1.82) is 0 Å². The van der Waals surface area contributed by atoms with E-state index in [0.717, 1.165) is 16.7 Å². The van der Waals surface area contributed by atoms with Crippen molar-refractivity contribution < 1.29 is 14.5 Å². The molecule has 3 aromatic rings. The molecule has 0 aromatic heterocycles. The highest BCUT2D eigenvalue weighted by molar-refractivity contribution is 6.20. The number of nitro groups is 1. The minimum atomic E-state index is -0.465. The summed E-state index contributed by atoms with van der Waals surface area (Å²) < 4.78 is 5.07. The third-order valence-electron chi connectivity index (χ3n) is 4.63. The number of ketones is 1. The zero-order valence-corrected chi connectivity index (χ0v) is 14.5. The van der Waals surface area contributed by atoms with E-state index in [1.807, 2.05) is 42.5 Å². The third-order valence-corrected chi connectivity index (χ3v) is 4.63. The highest BCUT2D eigenvalue weighted by atomic mass is 16.6. The SMILES string of the molecule is COc1ccc(C=C2c3ccccc3C(=O)c3ccccc32)cc1[N+](=O)[O-]. The summed E-state index contributed by atoms with van der Waals surface area (Å²) in [5.41, 5.74) is 4.33. The quantitative estimate of drug-likeness (QED) is 0.392.